The maximum absolute atomic E-state index is 10.8. The van der Waals surface area contributed by atoms with Gasteiger partial charge in [0.25, 0.3) is 0 Å². The summed E-state index contributed by atoms with van der Waals surface area (Å²) in [5, 5.41) is 9.51. The highest BCUT2D eigenvalue weighted by molar-refractivity contribution is 5.73. The third kappa shape index (κ3) is 2.89. The molecule has 0 rings (SSSR count). The fourth-order valence-corrected chi connectivity index (χ4v) is 0.747. The maximum Gasteiger partial charge on any atom is 0.219 e. The number of hydrogen-bond acceptors (Lipinski definition) is 2. The van der Waals surface area contributed by atoms with Gasteiger partial charge in [-0.15, -0.1) is 0 Å². The average molecular weight is 159 g/mol. The maximum atomic E-state index is 10.8. The molecular formula is C8H17NO2. The molecule has 0 aromatic carbocycles. The van der Waals surface area contributed by atoms with Gasteiger partial charge in [0.15, 0.2) is 0 Å². The second-order valence-electron chi connectivity index (χ2n) is 3.46. The monoisotopic (exact) mass is 159 g/mol. The van der Waals surface area contributed by atoms with Crippen LogP contribution in [0.15, 0.2) is 0 Å². The van der Waals surface area contributed by atoms with Crippen LogP contribution in [0.25, 0.3) is 0 Å². The Kier molecular flexibility index (Phi) is 3.05. The highest BCUT2D eigenvalue weighted by Gasteiger charge is 2.26. The zero-order valence-corrected chi connectivity index (χ0v) is 7.88. The Morgan fingerprint density at radius 1 is 1.55 bits per heavy atom. The standard InChI is InChI=1S/C8H17NO2/c1-6(8(3,4)11)9(5)7(2)10/h6,11H,1-5H3. The normalized spacial score (nSPS) is 14.4. The third-order valence-corrected chi connectivity index (χ3v) is 2.10. The topological polar surface area (TPSA) is 40.5 Å². The lowest BCUT2D eigenvalue weighted by Crippen LogP contribution is -2.47. The van der Waals surface area contributed by atoms with Gasteiger partial charge in [-0.2, -0.15) is 0 Å². The van der Waals surface area contributed by atoms with Gasteiger partial charge >= 0.3 is 0 Å². The zero-order chi connectivity index (χ0) is 9.23. The van der Waals surface area contributed by atoms with Crippen LogP contribution in [0, 0.1) is 0 Å². The summed E-state index contributed by atoms with van der Waals surface area (Å²) in [6, 6.07) is -0.153. The second-order valence-corrected chi connectivity index (χ2v) is 3.46. The summed E-state index contributed by atoms with van der Waals surface area (Å²) in [4.78, 5) is 12.4. The molecule has 1 unspecified atom stereocenters. The van der Waals surface area contributed by atoms with Crippen LogP contribution in [0.1, 0.15) is 27.7 Å². The van der Waals surface area contributed by atoms with E-state index >= 15 is 0 Å². The van der Waals surface area contributed by atoms with Gasteiger partial charge < -0.3 is 10.0 Å². The van der Waals surface area contributed by atoms with Crippen LogP contribution >= 0.6 is 0 Å². The Labute approximate surface area is 68.0 Å². The number of nitrogens with zero attached hydrogens (tertiary/aromatic N) is 1. The van der Waals surface area contributed by atoms with Gasteiger partial charge in [-0.1, -0.05) is 0 Å². The van der Waals surface area contributed by atoms with E-state index in [2.05, 4.69) is 0 Å². The van der Waals surface area contributed by atoms with Gasteiger partial charge in [0, 0.05) is 14.0 Å². The molecule has 0 saturated heterocycles. The molecule has 0 saturated carbocycles. The van der Waals surface area contributed by atoms with Crippen LogP contribution < -0.4 is 0 Å². The van der Waals surface area contributed by atoms with Crippen LogP contribution in [0.2, 0.25) is 0 Å². The van der Waals surface area contributed by atoms with Crippen LogP contribution in [0.3, 0.4) is 0 Å². The Morgan fingerprint density at radius 3 is 2.00 bits per heavy atom. The molecule has 0 bridgehead atoms. The van der Waals surface area contributed by atoms with E-state index in [4.69, 9.17) is 0 Å². The minimum atomic E-state index is -0.833. The number of amides is 1. The molecule has 1 N–H and O–H groups in total. The minimum Gasteiger partial charge on any atom is -0.388 e. The van der Waals surface area contributed by atoms with Crippen molar-refractivity contribution in [3.05, 3.63) is 0 Å². The first-order chi connectivity index (χ1) is 4.76. The highest BCUT2D eigenvalue weighted by Crippen LogP contribution is 2.13. The predicted molar refractivity (Wildman–Crippen MR) is 44.2 cm³/mol. The molecule has 0 fully saturated rings. The summed E-state index contributed by atoms with van der Waals surface area (Å²) in [6.07, 6.45) is 0. The number of rotatable bonds is 2. The molecule has 0 aliphatic rings. The van der Waals surface area contributed by atoms with E-state index in [-0.39, 0.29) is 11.9 Å². The molecule has 0 heterocycles. The lowest BCUT2D eigenvalue weighted by atomic mass is 10.00. The number of hydrogen-bond donors (Lipinski definition) is 1. The summed E-state index contributed by atoms with van der Waals surface area (Å²) in [5.41, 5.74) is -0.833. The Balaban J connectivity index is 4.25. The Hall–Kier alpha value is -0.570. The van der Waals surface area contributed by atoms with Gasteiger partial charge in [0.1, 0.15) is 0 Å². The van der Waals surface area contributed by atoms with E-state index in [1.807, 2.05) is 6.92 Å². The van der Waals surface area contributed by atoms with E-state index in [0.717, 1.165) is 0 Å². The summed E-state index contributed by atoms with van der Waals surface area (Å²) >= 11 is 0. The fraction of sp³-hybridized carbons (Fsp3) is 0.875. The van der Waals surface area contributed by atoms with Crippen molar-refractivity contribution in [3.63, 3.8) is 0 Å². The second kappa shape index (κ2) is 3.22. The fourth-order valence-electron chi connectivity index (χ4n) is 0.747. The summed E-state index contributed by atoms with van der Waals surface area (Å²) in [5.74, 6) is -0.0281. The molecule has 0 aromatic rings. The molecule has 1 atom stereocenters. The first kappa shape index (κ1) is 10.4. The summed E-state index contributed by atoms with van der Waals surface area (Å²) < 4.78 is 0. The number of aliphatic hydroxyl groups is 1. The molecule has 0 aliphatic carbocycles. The van der Waals surface area contributed by atoms with E-state index in [9.17, 15) is 9.90 Å². The molecular weight excluding hydrogens is 142 g/mol. The van der Waals surface area contributed by atoms with Crippen molar-refractivity contribution in [2.24, 2.45) is 0 Å². The quantitative estimate of drug-likeness (QED) is 0.641. The summed E-state index contributed by atoms with van der Waals surface area (Å²) in [6.45, 7) is 6.69. The Morgan fingerprint density at radius 2 is 1.91 bits per heavy atom. The average Bonchev–Trinajstić information content (AvgIpc) is 1.82. The molecule has 0 aliphatic heterocycles. The lowest BCUT2D eigenvalue weighted by molar-refractivity contribution is -0.134. The highest BCUT2D eigenvalue weighted by atomic mass is 16.3. The van der Waals surface area contributed by atoms with Crippen molar-refractivity contribution in [1.82, 2.24) is 4.90 Å². The number of carbonyl (C=O) groups is 1. The first-order valence-corrected chi connectivity index (χ1v) is 3.72. The summed E-state index contributed by atoms with van der Waals surface area (Å²) in [7, 11) is 1.69. The molecule has 11 heavy (non-hydrogen) atoms. The van der Waals surface area contributed by atoms with Crippen molar-refractivity contribution >= 4 is 5.91 Å². The van der Waals surface area contributed by atoms with Crippen molar-refractivity contribution in [2.45, 2.75) is 39.3 Å². The van der Waals surface area contributed by atoms with E-state index in [0.29, 0.717) is 0 Å². The van der Waals surface area contributed by atoms with E-state index in [1.54, 1.807) is 20.9 Å². The SMILES string of the molecule is CC(=O)N(C)C(C)C(C)(C)O. The number of carbonyl (C=O) groups excluding carboxylic acids is 1. The van der Waals surface area contributed by atoms with Crippen molar-refractivity contribution in [3.8, 4) is 0 Å². The van der Waals surface area contributed by atoms with E-state index in [1.165, 1.54) is 11.8 Å². The molecule has 1 amide bonds. The predicted octanol–water partition coefficient (Wildman–Crippen LogP) is 0.624. The van der Waals surface area contributed by atoms with E-state index < -0.39 is 5.60 Å². The van der Waals surface area contributed by atoms with Crippen molar-refractivity contribution in [1.29, 1.82) is 0 Å². The molecule has 0 spiro atoms. The van der Waals surface area contributed by atoms with Crippen molar-refractivity contribution in [2.75, 3.05) is 7.05 Å². The van der Waals surface area contributed by atoms with Gasteiger partial charge in [0.2, 0.25) is 5.91 Å². The zero-order valence-electron chi connectivity index (χ0n) is 7.88. The third-order valence-electron chi connectivity index (χ3n) is 2.10. The van der Waals surface area contributed by atoms with Crippen LogP contribution in [0.5, 0.6) is 0 Å². The van der Waals surface area contributed by atoms with Gasteiger partial charge in [-0.05, 0) is 20.8 Å². The van der Waals surface area contributed by atoms with Gasteiger partial charge in [-0.25, -0.2) is 0 Å². The number of likely N-dealkylation sites (N-methyl/N-ethyl adjacent to an activating group) is 1. The van der Waals surface area contributed by atoms with Gasteiger partial charge in [0.05, 0.1) is 11.6 Å². The van der Waals surface area contributed by atoms with Crippen LogP contribution in [0.4, 0.5) is 0 Å². The van der Waals surface area contributed by atoms with Gasteiger partial charge in [-0.3, -0.25) is 4.79 Å². The molecule has 66 valence electrons. The van der Waals surface area contributed by atoms with Crippen LogP contribution in [-0.2, 0) is 4.79 Å². The minimum absolute atomic E-state index is 0.0281. The Bertz CT molecular complexity index is 149. The molecule has 0 aromatic heterocycles. The molecule has 0 radical (unpaired) electrons. The first-order valence-electron chi connectivity index (χ1n) is 3.72. The molecule has 3 heteroatoms. The van der Waals surface area contributed by atoms with Crippen molar-refractivity contribution < 1.29 is 9.90 Å². The molecule has 3 nitrogen and oxygen atoms in total. The smallest absolute Gasteiger partial charge is 0.219 e. The lowest BCUT2D eigenvalue weighted by Gasteiger charge is -2.33. The van der Waals surface area contributed by atoms with Crippen LogP contribution in [-0.4, -0.2) is 34.6 Å². The largest absolute Gasteiger partial charge is 0.388 e.